The van der Waals surface area contributed by atoms with Crippen molar-refractivity contribution in [2.75, 3.05) is 19.1 Å². The molecular weight excluding hydrogens is 320 g/mol. The summed E-state index contributed by atoms with van der Waals surface area (Å²) in [5.74, 6) is 0.292. The fraction of sp³-hybridized carbons (Fsp3) is 0.231. The van der Waals surface area contributed by atoms with Crippen LogP contribution in [-0.4, -0.2) is 40.0 Å². The lowest BCUT2D eigenvalue weighted by Crippen LogP contribution is -2.10. The lowest BCUT2D eigenvalue weighted by atomic mass is 10.2. The van der Waals surface area contributed by atoms with E-state index in [2.05, 4.69) is 25.7 Å². The molecule has 0 aliphatic rings. The minimum atomic E-state index is -0.577. The molecular formula is C13H14N6O5. The Morgan fingerprint density at radius 1 is 1.50 bits per heavy atom. The number of nitrogens with zero attached hydrogens (tertiary/aromatic N) is 4. The van der Waals surface area contributed by atoms with Crippen molar-refractivity contribution in [3.05, 3.63) is 44.4 Å². The maximum Gasteiger partial charge on any atom is 0.315 e. The van der Waals surface area contributed by atoms with Gasteiger partial charge in [-0.2, -0.15) is 5.10 Å². The molecule has 2 aromatic rings. The number of ether oxygens (including phenoxy) is 2. The van der Waals surface area contributed by atoms with Crippen molar-refractivity contribution in [2.24, 2.45) is 5.10 Å². The summed E-state index contributed by atoms with van der Waals surface area (Å²) in [6.07, 6.45) is 2.32. The van der Waals surface area contributed by atoms with Gasteiger partial charge < -0.3 is 9.47 Å². The van der Waals surface area contributed by atoms with Gasteiger partial charge in [-0.1, -0.05) is 0 Å². The van der Waals surface area contributed by atoms with E-state index in [0.717, 1.165) is 6.20 Å². The molecule has 0 saturated carbocycles. The van der Waals surface area contributed by atoms with Crippen LogP contribution < -0.4 is 20.5 Å². The smallest absolute Gasteiger partial charge is 0.315 e. The Hall–Kier alpha value is -3.50. The third kappa shape index (κ3) is 4.03. The van der Waals surface area contributed by atoms with E-state index in [1.165, 1.54) is 19.4 Å². The number of nitro benzene ring substituents is 1. The summed E-state index contributed by atoms with van der Waals surface area (Å²) in [6, 6.07) is 2.83. The first kappa shape index (κ1) is 16.9. The summed E-state index contributed by atoms with van der Waals surface area (Å²) < 4.78 is 10.4. The van der Waals surface area contributed by atoms with Crippen LogP contribution in [0, 0.1) is 10.1 Å². The quantitative estimate of drug-likeness (QED) is 0.432. The van der Waals surface area contributed by atoms with Crippen LogP contribution in [0.15, 0.2) is 28.2 Å². The Bertz CT molecular complexity index is 819. The van der Waals surface area contributed by atoms with E-state index in [1.54, 1.807) is 13.0 Å². The number of nitro groups is 1. The van der Waals surface area contributed by atoms with Crippen LogP contribution in [0.25, 0.3) is 0 Å². The average Bonchev–Trinajstić information content (AvgIpc) is 2.55. The maximum atomic E-state index is 11.2. The highest BCUT2D eigenvalue weighted by Crippen LogP contribution is 2.37. The molecule has 11 heteroatoms. The first-order chi connectivity index (χ1) is 11.5. The van der Waals surface area contributed by atoms with Gasteiger partial charge in [0.2, 0.25) is 11.7 Å². The second-order valence-electron chi connectivity index (χ2n) is 4.31. The van der Waals surface area contributed by atoms with E-state index in [-0.39, 0.29) is 23.1 Å². The minimum Gasteiger partial charge on any atom is -0.490 e. The van der Waals surface area contributed by atoms with Gasteiger partial charge in [-0.3, -0.25) is 19.9 Å². The molecule has 11 nitrogen and oxygen atoms in total. The zero-order chi connectivity index (χ0) is 17.5. The van der Waals surface area contributed by atoms with Crippen molar-refractivity contribution in [1.82, 2.24) is 15.2 Å². The van der Waals surface area contributed by atoms with Gasteiger partial charge in [-0.25, -0.2) is 5.43 Å². The normalized spacial score (nSPS) is 10.6. The first-order valence-corrected chi connectivity index (χ1v) is 6.75. The molecule has 0 atom stereocenters. The molecule has 2 rings (SSSR count). The number of rotatable bonds is 7. The lowest BCUT2D eigenvalue weighted by Gasteiger charge is -2.10. The molecule has 0 spiro atoms. The number of anilines is 1. The number of nitrogens with one attached hydrogen (secondary N) is 2. The van der Waals surface area contributed by atoms with E-state index >= 15 is 0 Å². The molecule has 0 saturated heterocycles. The Morgan fingerprint density at radius 2 is 2.29 bits per heavy atom. The third-order valence-corrected chi connectivity index (χ3v) is 2.72. The standard InChI is InChI=1S/C13H14N6O5/c1-3-24-10-5-8(4-9(19(21)22)12(10)23-2)6-14-17-13-16-11(20)7-15-18-13/h4-7H,3H2,1-2H3,(H2,16,17,18,20)/b14-6+. The van der Waals surface area contributed by atoms with Gasteiger partial charge in [0.15, 0.2) is 5.75 Å². The summed E-state index contributed by atoms with van der Waals surface area (Å²) in [5.41, 5.74) is 2.16. The Labute approximate surface area is 135 Å². The minimum absolute atomic E-state index is 0.0326. The predicted molar refractivity (Wildman–Crippen MR) is 84.7 cm³/mol. The predicted octanol–water partition coefficient (Wildman–Crippen LogP) is 0.926. The van der Waals surface area contributed by atoms with E-state index in [0.29, 0.717) is 12.2 Å². The van der Waals surface area contributed by atoms with E-state index in [9.17, 15) is 14.9 Å². The molecule has 2 N–H and O–H groups in total. The zero-order valence-corrected chi connectivity index (χ0v) is 12.8. The summed E-state index contributed by atoms with van der Waals surface area (Å²) in [5, 5.41) is 22.1. The molecule has 0 unspecified atom stereocenters. The maximum absolute atomic E-state index is 11.2. The molecule has 1 aromatic heterocycles. The van der Waals surface area contributed by atoms with Crippen molar-refractivity contribution < 1.29 is 14.4 Å². The van der Waals surface area contributed by atoms with Gasteiger partial charge in [0.1, 0.15) is 6.20 Å². The highest BCUT2D eigenvalue weighted by Gasteiger charge is 2.21. The largest absolute Gasteiger partial charge is 0.490 e. The molecule has 0 amide bonds. The molecule has 0 radical (unpaired) electrons. The van der Waals surface area contributed by atoms with Crippen molar-refractivity contribution in [3.8, 4) is 11.5 Å². The van der Waals surface area contributed by atoms with E-state index < -0.39 is 10.5 Å². The molecule has 126 valence electrons. The van der Waals surface area contributed by atoms with Crippen LogP contribution in [0.5, 0.6) is 11.5 Å². The van der Waals surface area contributed by atoms with Gasteiger partial charge in [0.25, 0.3) is 5.56 Å². The number of aromatic nitrogens is 3. The summed E-state index contributed by atoms with van der Waals surface area (Å²) in [7, 11) is 1.32. The number of hydrogen-bond acceptors (Lipinski definition) is 9. The van der Waals surface area contributed by atoms with E-state index in [4.69, 9.17) is 9.47 Å². The SMILES string of the molecule is CCOc1cc(/C=N/Nc2nncc(=O)[nH]2)cc([N+](=O)[O-])c1OC. The number of methoxy groups -OCH3 is 1. The van der Waals surface area contributed by atoms with Crippen LogP contribution in [0.4, 0.5) is 11.6 Å². The molecule has 0 bridgehead atoms. The highest BCUT2D eigenvalue weighted by molar-refractivity contribution is 5.83. The van der Waals surface area contributed by atoms with Crippen molar-refractivity contribution in [1.29, 1.82) is 0 Å². The van der Waals surface area contributed by atoms with Crippen molar-refractivity contribution >= 4 is 17.9 Å². The fourth-order valence-electron chi connectivity index (χ4n) is 1.82. The van der Waals surface area contributed by atoms with Crippen LogP contribution >= 0.6 is 0 Å². The second kappa shape index (κ2) is 7.67. The number of benzene rings is 1. The molecule has 0 aliphatic carbocycles. The average molecular weight is 334 g/mol. The zero-order valence-electron chi connectivity index (χ0n) is 12.8. The number of H-pyrrole nitrogens is 1. The van der Waals surface area contributed by atoms with Crippen LogP contribution in [0.2, 0.25) is 0 Å². The van der Waals surface area contributed by atoms with Crippen molar-refractivity contribution in [2.45, 2.75) is 6.92 Å². The Balaban J connectivity index is 2.30. The third-order valence-electron chi connectivity index (χ3n) is 2.72. The second-order valence-corrected chi connectivity index (χ2v) is 4.31. The summed E-state index contributed by atoms with van der Waals surface area (Å²) >= 11 is 0. The highest BCUT2D eigenvalue weighted by atomic mass is 16.6. The number of hydrazone groups is 1. The topological polar surface area (TPSA) is 145 Å². The van der Waals surface area contributed by atoms with Gasteiger partial charge in [-0.05, 0) is 13.0 Å². The Morgan fingerprint density at radius 3 is 2.92 bits per heavy atom. The van der Waals surface area contributed by atoms with Gasteiger partial charge >= 0.3 is 5.69 Å². The molecule has 1 heterocycles. The molecule has 0 fully saturated rings. The lowest BCUT2D eigenvalue weighted by molar-refractivity contribution is -0.385. The van der Waals surface area contributed by atoms with E-state index in [1.807, 2.05) is 0 Å². The summed E-state index contributed by atoms with van der Waals surface area (Å²) in [4.78, 5) is 24.0. The van der Waals surface area contributed by atoms with Crippen molar-refractivity contribution in [3.63, 3.8) is 0 Å². The number of hydrogen-bond donors (Lipinski definition) is 2. The van der Waals surface area contributed by atoms with Crippen LogP contribution in [0.1, 0.15) is 12.5 Å². The fourth-order valence-corrected chi connectivity index (χ4v) is 1.82. The van der Waals surface area contributed by atoms with Gasteiger partial charge in [0.05, 0.1) is 24.9 Å². The molecule has 0 aliphatic heterocycles. The van der Waals surface area contributed by atoms with Gasteiger partial charge in [-0.15, -0.1) is 10.2 Å². The van der Waals surface area contributed by atoms with Crippen LogP contribution in [-0.2, 0) is 0 Å². The summed E-state index contributed by atoms with van der Waals surface area (Å²) in [6.45, 7) is 2.06. The first-order valence-electron chi connectivity index (χ1n) is 6.75. The van der Waals surface area contributed by atoms with Gasteiger partial charge in [0, 0.05) is 11.6 Å². The Kier molecular flexibility index (Phi) is 5.39. The van der Waals surface area contributed by atoms with Crippen LogP contribution in [0.3, 0.4) is 0 Å². The molecule has 1 aromatic carbocycles. The molecule has 24 heavy (non-hydrogen) atoms. The number of aromatic amines is 1. The monoisotopic (exact) mass is 334 g/mol.